The number of hydrogen-bond acceptors (Lipinski definition) is 1. The summed E-state index contributed by atoms with van der Waals surface area (Å²) in [7, 11) is 0. The number of rotatable bonds is 5. The predicted molar refractivity (Wildman–Crippen MR) is 55.9 cm³/mol. The highest BCUT2D eigenvalue weighted by Crippen LogP contribution is 2.14. The Morgan fingerprint density at radius 2 is 1.92 bits per heavy atom. The molecule has 74 valence electrons. The van der Waals surface area contributed by atoms with Crippen LogP contribution in [0, 0.1) is 6.92 Å². The molecule has 2 heteroatoms. The molecule has 1 N–H and O–H groups in total. The van der Waals surface area contributed by atoms with Crippen LogP contribution < -0.4 is 0 Å². The van der Waals surface area contributed by atoms with Crippen LogP contribution in [0.5, 0.6) is 0 Å². The van der Waals surface area contributed by atoms with E-state index in [0.29, 0.717) is 0 Å². The molecule has 0 saturated carbocycles. The molecule has 0 aromatic carbocycles. The first kappa shape index (κ1) is 10.3. The van der Waals surface area contributed by atoms with Gasteiger partial charge in [-0.25, -0.2) is 0 Å². The molecule has 1 heterocycles. The Hall–Kier alpha value is -0.790. The average Bonchev–Trinajstić information content (AvgIpc) is 2.46. The SMILES string of the molecule is CCCCc1[nH]nc(C)c1CCC. The molecule has 13 heavy (non-hydrogen) atoms. The van der Waals surface area contributed by atoms with Gasteiger partial charge in [-0.3, -0.25) is 5.10 Å². The van der Waals surface area contributed by atoms with E-state index in [1.165, 1.54) is 42.6 Å². The van der Waals surface area contributed by atoms with E-state index >= 15 is 0 Å². The molecule has 0 aliphatic rings. The fourth-order valence-corrected chi connectivity index (χ4v) is 1.65. The van der Waals surface area contributed by atoms with E-state index in [1.807, 2.05) is 0 Å². The van der Waals surface area contributed by atoms with E-state index < -0.39 is 0 Å². The van der Waals surface area contributed by atoms with Crippen molar-refractivity contribution in [1.82, 2.24) is 10.2 Å². The maximum Gasteiger partial charge on any atom is 0.0626 e. The van der Waals surface area contributed by atoms with E-state index in [4.69, 9.17) is 0 Å². The first-order chi connectivity index (χ1) is 6.29. The Kier molecular flexibility index (Phi) is 4.00. The van der Waals surface area contributed by atoms with E-state index in [1.54, 1.807) is 0 Å². The Labute approximate surface area is 80.7 Å². The van der Waals surface area contributed by atoms with Gasteiger partial charge in [-0.15, -0.1) is 0 Å². The summed E-state index contributed by atoms with van der Waals surface area (Å²) in [6.07, 6.45) is 6.05. The first-order valence-corrected chi connectivity index (χ1v) is 5.32. The number of hydrogen-bond donors (Lipinski definition) is 1. The van der Waals surface area contributed by atoms with Gasteiger partial charge in [-0.2, -0.15) is 5.10 Å². The third-order valence-electron chi connectivity index (χ3n) is 2.44. The van der Waals surface area contributed by atoms with Crippen molar-refractivity contribution in [2.75, 3.05) is 0 Å². The number of H-pyrrole nitrogens is 1. The largest absolute Gasteiger partial charge is 0.282 e. The lowest BCUT2D eigenvalue weighted by Gasteiger charge is -2.01. The van der Waals surface area contributed by atoms with Gasteiger partial charge >= 0.3 is 0 Å². The molecule has 0 unspecified atom stereocenters. The maximum absolute atomic E-state index is 4.26. The van der Waals surface area contributed by atoms with Gasteiger partial charge in [0.15, 0.2) is 0 Å². The van der Waals surface area contributed by atoms with Crippen LogP contribution in [0.15, 0.2) is 0 Å². The quantitative estimate of drug-likeness (QED) is 0.741. The molecule has 2 nitrogen and oxygen atoms in total. The Morgan fingerprint density at radius 1 is 1.15 bits per heavy atom. The van der Waals surface area contributed by atoms with E-state index in [-0.39, 0.29) is 0 Å². The number of unbranched alkanes of at least 4 members (excludes halogenated alkanes) is 1. The van der Waals surface area contributed by atoms with Gasteiger partial charge in [0.25, 0.3) is 0 Å². The summed E-state index contributed by atoms with van der Waals surface area (Å²) in [5.74, 6) is 0. The van der Waals surface area contributed by atoms with Gasteiger partial charge in [0.2, 0.25) is 0 Å². The summed E-state index contributed by atoms with van der Waals surface area (Å²) in [5.41, 5.74) is 4.00. The second-order valence-corrected chi connectivity index (χ2v) is 3.62. The third-order valence-corrected chi connectivity index (χ3v) is 2.44. The van der Waals surface area contributed by atoms with Gasteiger partial charge in [0.1, 0.15) is 0 Å². The molecule has 1 rings (SSSR count). The van der Waals surface area contributed by atoms with Gasteiger partial charge in [0, 0.05) is 5.69 Å². The molecule has 0 bridgehead atoms. The Bertz CT molecular complexity index is 251. The molecule has 1 aromatic heterocycles. The second kappa shape index (κ2) is 5.05. The zero-order chi connectivity index (χ0) is 9.68. The average molecular weight is 180 g/mol. The highest BCUT2D eigenvalue weighted by Gasteiger charge is 2.07. The summed E-state index contributed by atoms with van der Waals surface area (Å²) in [5, 5.41) is 7.41. The van der Waals surface area contributed by atoms with Gasteiger partial charge in [-0.1, -0.05) is 26.7 Å². The van der Waals surface area contributed by atoms with Crippen molar-refractivity contribution in [1.29, 1.82) is 0 Å². The van der Waals surface area contributed by atoms with E-state index in [2.05, 4.69) is 31.0 Å². The third kappa shape index (κ3) is 2.58. The zero-order valence-electron chi connectivity index (χ0n) is 8.98. The Morgan fingerprint density at radius 3 is 2.54 bits per heavy atom. The van der Waals surface area contributed by atoms with E-state index in [9.17, 15) is 0 Å². The van der Waals surface area contributed by atoms with Crippen LogP contribution in [-0.4, -0.2) is 10.2 Å². The number of nitrogens with one attached hydrogen (secondary N) is 1. The van der Waals surface area contributed by atoms with Gasteiger partial charge in [-0.05, 0) is 31.7 Å². The normalized spacial score (nSPS) is 10.7. The second-order valence-electron chi connectivity index (χ2n) is 3.62. The van der Waals surface area contributed by atoms with Crippen LogP contribution in [0.4, 0.5) is 0 Å². The minimum Gasteiger partial charge on any atom is -0.282 e. The van der Waals surface area contributed by atoms with Crippen LogP contribution in [0.3, 0.4) is 0 Å². The molecule has 1 aromatic rings. The fourth-order valence-electron chi connectivity index (χ4n) is 1.65. The zero-order valence-corrected chi connectivity index (χ0v) is 8.98. The molecule has 0 amide bonds. The lowest BCUT2D eigenvalue weighted by Crippen LogP contribution is -1.93. The summed E-state index contributed by atoms with van der Waals surface area (Å²) < 4.78 is 0. The summed E-state index contributed by atoms with van der Waals surface area (Å²) >= 11 is 0. The van der Waals surface area contributed by atoms with E-state index in [0.717, 1.165) is 6.42 Å². The first-order valence-electron chi connectivity index (χ1n) is 5.32. The molecular formula is C11H20N2. The van der Waals surface area contributed by atoms with Crippen LogP contribution >= 0.6 is 0 Å². The van der Waals surface area contributed by atoms with Crippen LogP contribution in [-0.2, 0) is 12.8 Å². The number of aromatic amines is 1. The minimum atomic E-state index is 1.16. The predicted octanol–water partition coefficient (Wildman–Crippen LogP) is 3.01. The van der Waals surface area contributed by atoms with Crippen molar-refractivity contribution in [2.45, 2.75) is 52.9 Å². The number of aryl methyl sites for hydroxylation is 2. The lowest BCUT2D eigenvalue weighted by molar-refractivity contribution is 0.760. The molecule has 0 fully saturated rings. The van der Waals surface area contributed by atoms with Crippen molar-refractivity contribution in [3.8, 4) is 0 Å². The molecular weight excluding hydrogens is 160 g/mol. The highest BCUT2D eigenvalue weighted by molar-refractivity contribution is 5.24. The van der Waals surface area contributed by atoms with Crippen LogP contribution in [0.25, 0.3) is 0 Å². The van der Waals surface area contributed by atoms with Crippen molar-refractivity contribution in [3.63, 3.8) is 0 Å². The lowest BCUT2D eigenvalue weighted by atomic mass is 10.0. The maximum atomic E-state index is 4.26. The molecule has 0 aliphatic heterocycles. The van der Waals surface area contributed by atoms with Crippen molar-refractivity contribution in [2.24, 2.45) is 0 Å². The minimum absolute atomic E-state index is 1.16. The van der Waals surface area contributed by atoms with Gasteiger partial charge in [0.05, 0.1) is 5.69 Å². The standard InChI is InChI=1S/C11H20N2/c1-4-6-8-11-10(7-5-2)9(3)12-13-11/h4-8H2,1-3H3,(H,12,13). The van der Waals surface area contributed by atoms with Crippen molar-refractivity contribution in [3.05, 3.63) is 17.0 Å². The monoisotopic (exact) mass is 180 g/mol. The molecule has 0 atom stereocenters. The smallest absolute Gasteiger partial charge is 0.0626 e. The summed E-state index contributed by atoms with van der Waals surface area (Å²) in [6, 6.07) is 0. The highest BCUT2D eigenvalue weighted by atomic mass is 15.1. The number of nitrogens with zero attached hydrogens (tertiary/aromatic N) is 1. The number of aromatic nitrogens is 2. The molecule has 0 aliphatic carbocycles. The van der Waals surface area contributed by atoms with Gasteiger partial charge < -0.3 is 0 Å². The van der Waals surface area contributed by atoms with Crippen LogP contribution in [0.2, 0.25) is 0 Å². The summed E-state index contributed by atoms with van der Waals surface area (Å²) in [6.45, 7) is 6.54. The van der Waals surface area contributed by atoms with Crippen molar-refractivity contribution >= 4 is 0 Å². The summed E-state index contributed by atoms with van der Waals surface area (Å²) in [4.78, 5) is 0. The Balaban J connectivity index is 2.68. The molecule has 0 radical (unpaired) electrons. The van der Waals surface area contributed by atoms with Crippen LogP contribution in [0.1, 0.15) is 50.1 Å². The molecule has 0 saturated heterocycles. The fraction of sp³-hybridized carbons (Fsp3) is 0.727. The molecule has 0 spiro atoms. The van der Waals surface area contributed by atoms with Crippen molar-refractivity contribution < 1.29 is 0 Å². The topological polar surface area (TPSA) is 28.7 Å².